The summed E-state index contributed by atoms with van der Waals surface area (Å²) in [6.45, 7) is 3.89. The molecule has 1 aromatic carbocycles. The van der Waals surface area contributed by atoms with E-state index >= 15 is 0 Å². The molecule has 1 rings (SSSR count). The molecule has 1 aromatic rings. The number of ether oxygens (including phenoxy) is 1. The Balaban J connectivity index is 3.48. The lowest BCUT2D eigenvalue weighted by Gasteiger charge is -2.15. The Morgan fingerprint density at radius 3 is 2.35 bits per heavy atom. The van der Waals surface area contributed by atoms with Crippen molar-refractivity contribution >= 4 is 27.7 Å². The summed E-state index contributed by atoms with van der Waals surface area (Å²) >= 11 is 3.26. The van der Waals surface area contributed by atoms with Gasteiger partial charge < -0.3 is 9.84 Å². The summed E-state index contributed by atoms with van der Waals surface area (Å²) in [5.41, 5.74) is 0.865. The molecule has 0 aliphatic carbocycles. The Kier molecular flexibility index (Phi) is 4.28. The van der Waals surface area contributed by atoms with Crippen LogP contribution >= 0.6 is 15.9 Å². The van der Waals surface area contributed by atoms with Gasteiger partial charge in [0.2, 0.25) is 0 Å². The number of carbonyl (C=O) groups is 2. The van der Waals surface area contributed by atoms with Crippen molar-refractivity contribution in [3.8, 4) is 5.75 Å². The molecular weight excluding hydrogens is 288 g/mol. The minimum absolute atomic E-state index is 0.0677. The molecule has 0 radical (unpaired) electrons. The molecule has 0 bridgehead atoms. The van der Waals surface area contributed by atoms with Gasteiger partial charge >= 0.3 is 5.97 Å². The second-order valence-electron chi connectivity index (χ2n) is 3.86. The molecule has 0 spiro atoms. The molecule has 0 aliphatic heterocycles. The van der Waals surface area contributed by atoms with Gasteiger partial charge in [-0.3, -0.25) is 4.79 Å². The molecule has 0 saturated carbocycles. The van der Waals surface area contributed by atoms with E-state index in [4.69, 9.17) is 9.84 Å². The van der Waals surface area contributed by atoms with Gasteiger partial charge in [-0.15, -0.1) is 0 Å². The van der Waals surface area contributed by atoms with Gasteiger partial charge in [-0.1, -0.05) is 29.8 Å². The summed E-state index contributed by atoms with van der Waals surface area (Å²) in [7, 11) is 1.42. The predicted molar refractivity (Wildman–Crippen MR) is 66.7 cm³/mol. The third kappa shape index (κ3) is 2.85. The van der Waals surface area contributed by atoms with E-state index < -0.39 is 11.8 Å². The lowest BCUT2D eigenvalue weighted by molar-refractivity contribution is -0.131. The number of Topliss-reactive ketones (excluding diaryl/α,β-unsaturated/α-hetero) is 1. The van der Waals surface area contributed by atoms with Crippen molar-refractivity contribution in [1.82, 2.24) is 0 Å². The normalized spacial score (nSPS) is 10.4. The highest BCUT2D eigenvalue weighted by atomic mass is 79.9. The number of ketones is 1. The van der Waals surface area contributed by atoms with Crippen molar-refractivity contribution in [2.24, 2.45) is 0 Å². The maximum atomic E-state index is 11.6. The van der Waals surface area contributed by atoms with Crippen molar-refractivity contribution in [3.63, 3.8) is 0 Å². The van der Waals surface area contributed by atoms with Crippen LogP contribution in [0.15, 0.2) is 16.6 Å². The van der Waals surface area contributed by atoms with E-state index in [1.165, 1.54) is 13.2 Å². The molecule has 0 atom stereocenters. The molecule has 0 heterocycles. The first-order valence-corrected chi connectivity index (χ1v) is 5.82. The lowest BCUT2D eigenvalue weighted by Crippen LogP contribution is -2.15. The minimum Gasteiger partial charge on any atom is -0.496 e. The van der Waals surface area contributed by atoms with Crippen LogP contribution in [0.5, 0.6) is 5.75 Å². The lowest BCUT2D eigenvalue weighted by atomic mass is 9.97. The average Bonchev–Trinajstić information content (AvgIpc) is 2.26. The molecule has 0 fully saturated rings. The average molecular weight is 301 g/mol. The van der Waals surface area contributed by atoms with E-state index in [2.05, 4.69) is 15.9 Å². The third-order valence-corrected chi connectivity index (χ3v) is 2.81. The number of benzene rings is 1. The number of carbonyl (C=O) groups excluding carboxylic acids is 1. The Labute approximate surface area is 108 Å². The van der Waals surface area contributed by atoms with Gasteiger partial charge in [0.25, 0.3) is 5.78 Å². The number of halogens is 1. The smallest absolute Gasteiger partial charge is 0.377 e. The molecule has 5 heteroatoms. The maximum absolute atomic E-state index is 11.6. The number of aliphatic carboxylic acids is 1. The van der Waals surface area contributed by atoms with Crippen LogP contribution in [0.2, 0.25) is 0 Å². The van der Waals surface area contributed by atoms with E-state index in [1.54, 1.807) is 0 Å². The van der Waals surface area contributed by atoms with Crippen molar-refractivity contribution in [2.75, 3.05) is 7.11 Å². The first kappa shape index (κ1) is 13.7. The van der Waals surface area contributed by atoms with Gasteiger partial charge in [0.1, 0.15) is 5.75 Å². The van der Waals surface area contributed by atoms with Gasteiger partial charge in [-0.2, -0.15) is 0 Å². The summed E-state index contributed by atoms with van der Waals surface area (Å²) in [4.78, 5) is 22.3. The van der Waals surface area contributed by atoms with E-state index in [0.29, 0.717) is 10.2 Å². The molecule has 92 valence electrons. The molecule has 0 amide bonds. The van der Waals surface area contributed by atoms with Crippen LogP contribution in [0.1, 0.15) is 35.7 Å². The Morgan fingerprint density at radius 2 is 1.94 bits per heavy atom. The standard InChI is InChI=1S/C12H13BrO4/c1-6(2)8-4-7(13)5-9(11(8)17-3)10(14)12(15)16/h4-6H,1-3H3,(H,15,16). The number of hydrogen-bond donors (Lipinski definition) is 1. The zero-order chi connectivity index (χ0) is 13.2. The van der Waals surface area contributed by atoms with Crippen LogP contribution in [0, 0.1) is 0 Å². The SMILES string of the molecule is COc1c(C(=O)C(=O)O)cc(Br)cc1C(C)C. The molecule has 0 unspecified atom stereocenters. The van der Waals surface area contributed by atoms with Gasteiger partial charge in [0, 0.05) is 4.47 Å². The van der Waals surface area contributed by atoms with Gasteiger partial charge in [0.15, 0.2) is 0 Å². The second-order valence-corrected chi connectivity index (χ2v) is 4.78. The van der Waals surface area contributed by atoms with Gasteiger partial charge in [-0.05, 0) is 23.6 Å². The summed E-state index contributed by atoms with van der Waals surface area (Å²) in [6, 6.07) is 3.28. The molecule has 0 aliphatic rings. The highest BCUT2D eigenvalue weighted by Gasteiger charge is 2.23. The first-order valence-electron chi connectivity index (χ1n) is 5.03. The van der Waals surface area contributed by atoms with Crippen molar-refractivity contribution in [2.45, 2.75) is 19.8 Å². The fraction of sp³-hybridized carbons (Fsp3) is 0.333. The Hall–Kier alpha value is -1.36. The molecular formula is C12H13BrO4. The van der Waals surface area contributed by atoms with Crippen molar-refractivity contribution < 1.29 is 19.4 Å². The molecule has 17 heavy (non-hydrogen) atoms. The Morgan fingerprint density at radius 1 is 1.35 bits per heavy atom. The summed E-state index contributed by atoms with van der Waals surface area (Å²) in [5, 5.41) is 8.76. The largest absolute Gasteiger partial charge is 0.496 e. The van der Waals surface area contributed by atoms with E-state index in [1.807, 2.05) is 19.9 Å². The molecule has 0 saturated heterocycles. The minimum atomic E-state index is -1.49. The molecule has 4 nitrogen and oxygen atoms in total. The van der Waals surface area contributed by atoms with E-state index in [9.17, 15) is 9.59 Å². The van der Waals surface area contributed by atoms with Crippen LogP contribution in [0.25, 0.3) is 0 Å². The summed E-state index contributed by atoms with van der Waals surface area (Å²) in [6.07, 6.45) is 0. The number of carboxylic acids is 1. The Bertz CT molecular complexity index is 466. The monoisotopic (exact) mass is 300 g/mol. The zero-order valence-corrected chi connectivity index (χ0v) is 11.4. The third-order valence-electron chi connectivity index (χ3n) is 2.35. The van der Waals surface area contributed by atoms with Crippen LogP contribution < -0.4 is 4.74 Å². The summed E-state index contributed by atoms with van der Waals surface area (Å²) in [5.74, 6) is -2.00. The van der Waals surface area contributed by atoms with Crippen molar-refractivity contribution in [1.29, 1.82) is 0 Å². The van der Waals surface area contributed by atoms with Gasteiger partial charge in [-0.25, -0.2) is 4.79 Å². The fourth-order valence-corrected chi connectivity index (χ4v) is 2.03. The highest BCUT2D eigenvalue weighted by molar-refractivity contribution is 9.10. The quantitative estimate of drug-likeness (QED) is 0.686. The van der Waals surface area contributed by atoms with Gasteiger partial charge in [0.05, 0.1) is 12.7 Å². The van der Waals surface area contributed by atoms with Crippen molar-refractivity contribution in [3.05, 3.63) is 27.7 Å². The van der Waals surface area contributed by atoms with Crippen LogP contribution in [-0.4, -0.2) is 24.0 Å². The number of carboxylic acid groups (broad SMARTS) is 1. The van der Waals surface area contributed by atoms with E-state index in [-0.39, 0.29) is 11.5 Å². The molecule has 1 N–H and O–H groups in total. The number of hydrogen-bond acceptors (Lipinski definition) is 3. The molecule has 0 aromatic heterocycles. The highest BCUT2D eigenvalue weighted by Crippen LogP contribution is 2.33. The number of methoxy groups -OCH3 is 1. The predicted octanol–water partition coefficient (Wildman–Crippen LogP) is 2.85. The summed E-state index contributed by atoms with van der Waals surface area (Å²) < 4.78 is 5.82. The topological polar surface area (TPSA) is 63.6 Å². The maximum Gasteiger partial charge on any atom is 0.377 e. The van der Waals surface area contributed by atoms with Crippen LogP contribution in [-0.2, 0) is 4.79 Å². The van der Waals surface area contributed by atoms with E-state index in [0.717, 1.165) is 5.56 Å². The second kappa shape index (κ2) is 5.31. The fourth-order valence-electron chi connectivity index (χ4n) is 1.56. The number of rotatable bonds is 4. The van der Waals surface area contributed by atoms with Crippen LogP contribution in [0.4, 0.5) is 0 Å². The first-order chi connectivity index (χ1) is 7.88. The van der Waals surface area contributed by atoms with Crippen LogP contribution in [0.3, 0.4) is 0 Å². The zero-order valence-electron chi connectivity index (χ0n) is 9.78.